The second kappa shape index (κ2) is 6.95. The minimum atomic E-state index is -5.07. The summed E-state index contributed by atoms with van der Waals surface area (Å²) < 4.78 is 74.2. The fourth-order valence-corrected chi connectivity index (χ4v) is 3.45. The molecule has 10 heteroatoms. The van der Waals surface area contributed by atoms with Crippen molar-refractivity contribution in [2.75, 3.05) is 4.72 Å². The van der Waals surface area contributed by atoms with Crippen molar-refractivity contribution in [3.63, 3.8) is 0 Å². The predicted octanol–water partition coefficient (Wildman–Crippen LogP) is 4.35. The first kappa shape index (κ1) is 18.8. The lowest BCUT2D eigenvalue weighted by molar-refractivity contribution is -0.275. The molecule has 0 saturated carbocycles. The first-order valence-electron chi connectivity index (χ1n) is 7.55. The average Bonchev–Trinajstić information content (AvgIpc) is 2.98. The standard InChI is InChI=1S/C17H13F3N2O4S/c1-11-9-16(21-26-11)22-27(23,24)15-8-7-13(12-5-3-2-4-6-12)10-14(15)25-17(18,19)20/h2-10H,1H3,(H,21,22). The van der Waals surface area contributed by atoms with Gasteiger partial charge >= 0.3 is 6.36 Å². The van der Waals surface area contributed by atoms with E-state index in [1.165, 1.54) is 19.1 Å². The van der Waals surface area contributed by atoms with Gasteiger partial charge in [0.2, 0.25) is 0 Å². The summed E-state index contributed by atoms with van der Waals surface area (Å²) in [6.07, 6.45) is -5.07. The molecule has 3 rings (SSSR count). The van der Waals surface area contributed by atoms with Gasteiger partial charge in [-0.3, -0.25) is 4.72 Å². The van der Waals surface area contributed by atoms with Crippen LogP contribution in [0.25, 0.3) is 11.1 Å². The number of nitrogens with one attached hydrogen (secondary N) is 1. The van der Waals surface area contributed by atoms with Crippen LogP contribution >= 0.6 is 0 Å². The lowest BCUT2D eigenvalue weighted by Crippen LogP contribution is -2.21. The van der Waals surface area contributed by atoms with E-state index < -0.39 is 27.0 Å². The van der Waals surface area contributed by atoms with Crippen LogP contribution in [0.4, 0.5) is 19.0 Å². The largest absolute Gasteiger partial charge is 0.573 e. The molecule has 0 aliphatic rings. The number of hydrogen-bond acceptors (Lipinski definition) is 5. The van der Waals surface area contributed by atoms with Gasteiger partial charge in [0.1, 0.15) is 10.7 Å². The molecule has 0 aliphatic heterocycles. The zero-order chi connectivity index (χ0) is 19.7. The number of halogens is 3. The Morgan fingerprint density at radius 1 is 1.04 bits per heavy atom. The van der Waals surface area contributed by atoms with E-state index in [-0.39, 0.29) is 5.82 Å². The third kappa shape index (κ3) is 4.59. The number of ether oxygens (including phenoxy) is 1. The highest BCUT2D eigenvalue weighted by atomic mass is 32.2. The number of rotatable bonds is 5. The molecule has 0 aliphatic carbocycles. The SMILES string of the molecule is Cc1cc(NS(=O)(=O)c2ccc(-c3ccccc3)cc2OC(F)(F)F)no1. The Kier molecular flexibility index (Phi) is 4.83. The first-order valence-corrected chi connectivity index (χ1v) is 9.04. The average molecular weight is 398 g/mol. The highest BCUT2D eigenvalue weighted by Gasteiger charge is 2.34. The lowest BCUT2D eigenvalue weighted by atomic mass is 10.1. The fourth-order valence-electron chi connectivity index (χ4n) is 2.35. The first-order chi connectivity index (χ1) is 12.6. The van der Waals surface area contributed by atoms with Crippen LogP contribution in [0.15, 0.2) is 64.0 Å². The highest BCUT2D eigenvalue weighted by Crippen LogP contribution is 2.34. The topological polar surface area (TPSA) is 81.4 Å². The van der Waals surface area contributed by atoms with Crippen molar-refractivity contribution >= 4 is 15.8 Å². The molecule has 1 aromatic heterocycles. The molecule has 0 amide bonds. The zero-order valence-electron chi connectivity index (χ0n) is 13.8. The van der Waals surface area contributed by atoms with Crippen molar-refractivity contribution in [2.45, 2.75) is 18.2 Å². The summed E-state index contributed by atoms with van der Waals surface area (Å²) in [4.78, 5) is -0.680. The van der Waals surface area contributed by atoms with Gasteiger partial charge in [-0.15, -0.1) is 13.2 Å². The van der Waals surface area contributed by atoms with Crippen molar-refractivity contribution < 1.29 is 30.8 Å². The van der Waals surface area contributed by atoms with E-state index in [1.54, 1.807) is 30.3 Å². The molecule has 142 valence electrons. The van der Waals surface area contributed by atoms with Gasteiger partial charge in [0.25, 0.3) is 10.0 Å². The van der Waals surface area contributed by atoms with E-state index in [2.05, 4.69) is 14.6 Å². The summed E-state index contributed by atoms with van der Waals surface area (Å²) in [7, 11) is -4.40. The summed E-state index contributed by atoms with van der Waals surface area (Å²) >= 11 is 0. The van der Waals surface area contributed by atoms with Crippen molar-refractivity contribution in [2.24, 2.45) is 0 Å². The van der Waals surface area contributed by atoms with E-state index in [9.17, 15) is 21.6 Å². The molecule has 0 bridgehead atoms. The fraction of sp³-hybridized carbons (Fsp3) is 0.118. The van der Waals surface area contributed by atoms with Crippen molar-refractivity contribution in [3.05, 3.63) is 60.4 Å². The van der Waals surface area contributed by atoms with Crippen LogP contribution in [0.1, 0.15) is 5.76 Å². The quantitative estimate of drug-likeness (QED) is 0.691. The number of hydrogen-bond donors (Lipinski definition) is 1. The third-order valence-corrected chi connectivity index (χ3v) is 4.83. The number of sulfonamides is 1. The molecule has 0 spiro atoms. The van der Waals surface area contributed by atoms with E-state index in [0.717, 1.165) is 12.1 Å². The Hall–Kier alpha value is -3.01. The number of anilines is 1. The van der Waals surface area contributed by atoms with Crippen molar-refractivity contribution in [3.8, 4) is 16.9 Å². The molecule has 0 fully saturated rings. The molecule has 0 radical (unpaired) electrons. The van der Waals surface area contributed by atoms with Crippen LogP contribution in [0.5, 0.6) is 5.75 Å². The zero-order valence-corrected chi connectivity index (χ0v) is 14.6. The number of benzene rings is 2. The van der Waals surface area contributed by atoms with Gasteiger partial charge in [0.05, 0.1) is 0 Å². The number of aromatic nitrogens is 1. The smallest absolute Gasteiger partial charge is 0.404 e. The van der Waals surface area contributed by atoms with Gasteiger partial charge in [-0.2, -0.15) is 0 Å². The van der Waals surface area contributed by atoms with Gasteiger partial charge < -0.3 is 9.26 Å². The van der Waals surface area contributed by atoms with Crippen LogP contribution < -0.4 is 9.46 Å². The molecular weight excluding hydrogens is 385 g/mol. The molecule has 2 aromatic carbocycles. The van der Waals surface area contributed by atoms with E-state index in [0.29, 0.717) is 16.9 Å². The van der Waals surface area contributed by atoms with E-state index >= 15 is 0 Å². The van der Waals surface area contributed by atoms with Gasteiger partial charge in [0.15, 0.2) is 11.6 Å². The Morgan fingerprint density at radius 2 is 1.74 bits per heavy atom. The lowest BCUT2D eigenvalue weighted by Gasteiger charge is -2.15. The maximum absolute atomic E-state index is 12.8. The molecule has 6 nitrogen and oxygen atoms in total. The van der Waals surface area contributed by atoms with Crippen LogP contribution in [-0.2, 0) is 10.0 Å². The maximum atomic E-state index is 12.8. The van der Waals surface area contributed by atoms with Crippen LogP contribution in [-0.4, -0.2) is 19.9 Å². The van der Waals surface area contributed by atoms with Crippen LogP contribution in [0.2, 0.25) is 0 Å². The molecular formula is C17H13F3N2O4S. The van der Waals surface area contributed by atoms with Crippen molar-refractivity contribution in [1.29, 1.82) is 0 Å². The Balaban J connectivity index is 2.05. The number of nitrogens with zero attached hydrogens (tertiary/aromatic N) is 1. The second-order valence-corrected chi connectivity index (χ2v) is 7.15. The molecule has 0 unspecified atom stereocenters. The second-order valence-electron chi connectivity index (χ2n) is 5.50. The van der Waals surface area contributed by atoms with Crippen LogP contribution in [0.3, 0.4) is 0 Å². The predicted molar refractivity (Wildman–Crippen MR) is 90.6 cm³/mol. The molecule has 0 atom stereocenters. The molecule has 27 heavy (non-hydrogen) atoms. The van der Waals surface area contributed by atoms with E-state index in [1.807, 2.05) is 0 Å². The highest BCUT2D eigenvalue weighted by molar-refractivity contribution is 7.92. The molecule has 3 aromatic rings. The monoisotopic (exact) mass is 398 g/mol. The Morgan fingerprint density at radius 3 is 2.33 bits per heavy atom. The summed E-state index contributed by atoms with van der Waals surface area (Å²) in [5.41, 5.74) is 0.972. The summed E-state index contributed by atoms with van der Waals surface area (Å²) in [5.74, 6) is -0.673. The summed E-state index contributed by atoms with van der Waals surface area (Å²) in [6.45, 7) is 1.54. The minimum absolute atomic E-state index is 0.155. The summed E-state index contributed by atoms with van der Waals surface area (Å²) in [5, 5.41) is 3.47. The summed E-state index contributed by atoms with van der Waals surface area (Å²) in [6, 6.07) is 13.3. The van der Waals surface area contributed by atoms with Gasteiger partial charge in [-0.25, -0.2) is 8.42 Å². The maximum Gasteiger partial charge on any atom is 0.573 e. The van der Waals surface area contributed by atoms with Crippen LogP contribution in [0, 0.1) is 6.92 Å². The van der Waals surface area contributed by atoms with Gasteiger partial charge in [-0.1, -0.05) is 41.6 Å². The molecule has 0 saturated heterocycles. The minimum Gasteiger partial charge on any atom is -0.404 e. The number of alkyl halides is 3. The Labute approximate surface area is 152 Å². The van der Waals surface area contributed by atoms with Gasteiger partial charge in [0, 0.05) is 6.07 Å². The Bertz CT molecular complexity index is 1050. The third-order valence-electron chi connectivity index (χ3n) is 3.43. The number of aryl methyl sites for hydroxylation is 1. The van der Waals surface area contributed by atoms with Crippen molar-refractivity contribution in [1.82, 2.24) is 5.16 Å². The molecule has 1 heterocycles. The normalized spacial score (nSPS) is 12.0. The molecule has 1 N–H and O–H groups in total. The van der Waals surface area contributed by atoms with E-state index in [4.69, 9.17) is 4.52 Å². The van der Waals surface area contributed by atoms with Gasteiger partial charge in [-0.05, 0) is 30.2 Å².